The predicted octanol–water partition coefficient (Wildman–Crippen LogP) is 4.08. The van der Waals surface area contributed by atoms with E-state index >= 15 is 0 Å². The fourth-order valence-electron chi connectivity index (χ4n) is 1.58. The van der Waals surface area contributed by atoms with Gasteiger partial charge in [0.05, 0.1) is 11.1 Å². The van der Waals surface area contributed by atoms with Gasteiger partial charge in [-0.25, -0.2) is 9.67 Å². The maximum absolute atomic E-state index is 12.7. The van der Waals surface area contributed by atoms with Crippen molar-refractivity contribution in [2.45, 2.75) is 12.4 Å². The number of aromatic nitrogens is 3. The molecule has 0 amide bonds. The molecule has 2 rings (SSSR count). The van der Waals surface area contributed by atoms with Crippen LogP contribution in [0.3, 0.4) is 0 Å². The molecule has 1 heterocycles. The Labute approximate surface area is 114 Å². The van der Waals surface area contributed by atoms with E-state index in [0.717, 1.165) is 11.0 Å². The molecule has 21 heavy (non-hydrogen) atoms. The van der Waals surface area contributed by atoms with Crippen molar-refractivity contribution < 1.29 is 26.3 Å². The zero-order valence-electron chi connectivity index (χ0n) is 10.2. The highest BCUT2D eigenvalue weighted by molar-refractivity contribution is 5.58. The Bertz CT molecular complexity index is 636. The summed E-state index contributed by atoms with van der Waals surface area (Å²) in [6, 6.07) is 1.18. The topological polar surface area (TPSA) is 30.7 Å². The Hall–Kier alpha value is -2.32. The van der Waals surface area contributed by atoms with E-state index in [-0.39, 0.29) is 17.5 Å². The lowest BCUT2D eigenvalue weighted by Gasteiger charge is -2.13. The normalized spacial score (nSPS) is 12.5. The van der Waals surface area contributed by atoms with Crippen LogP contribution in [0.4, 0.5) is 26.3 Å². The summed E-state index contributed by atoms with van der Waals surface area (Å²) in [6.07, 6.45) is -7.49. The van der Waals surface area contributed by atoms with E-state index in [2.05, 4.69) is 16.7 Å². The first-order chi connectivity index (χ1) is 9.61. The lowest BCUT2D eigenvalue weighted by Crippen LogP contribution is -2.11. The van der Waals surface area contributed by atoms with Crippen molar-refractivity contribution in [1.82, 2.24) is 14.8 Å². The van der Waals surface area contributed by atoms with Crippen LogP contribution in [0.1, 0.15) is 11.1 Å². The van der Waals surface area contributed by atoms with Crippen LogP contribution in [0.25, 0.3) is 17.6 Å². The Morgan fingerprint density at radius 2 is 1.48 bits per heavy atom. The molecule has 1 aromatic carbocycles. The van der Waals surface area contributed by atoms with Crippen molar-refractivity contribution in [3.63, 3.8) is 0 Å². The Morgan fingerprint density at radius 1 is 0.952 bits per heavy atom. The first-order valence-electron chi connectivity index (χ1n) is 5.45. The van der Waals surface area contributed by atoms with Crippen LogP contribution in [0.5, 0.6) is 0 Å². The molecule has 2 aromatic rings. The number of hydrogen-bond acceptors (Lipinski definition) is 2. The van der Waals surface area contributed by atoms with Gasteiger partial charge in [0, 0.05) is 11.8 Å². The molecule has 0 aliphatic heterocycles. The largest absolute Gasteiger partial charge is 0.416 e. The second kappa shape index (κ2) is 4.90. The van der Waals surface area contributed by atoms with Crippen molar-refractivity contribution in [3.8, 4) is 11.4 Å². The number of hydrogen-bond donors (Lipinski definition) is 0. The first kappa shape index (κ1) is 15.1. The summed E-state index contributed by atoms with van der Waals surface area (Å²) in [5.74, 6) is -0.258. The van der Waals surface area contributed by atoms with Crippen molar-refractivity contribution in [2.24, 2.45) is 0 Å². The second-order valence-electron chi connectivity index (χ2n) is 4.03. The number of benzene rings is 1. The average molecular weight is 307 g/mol. The molecule has 0 atom stereocenters. The van der Waals surface area contributed by atoms with Gasteiger partial charge < -0.3 is 0 Å². The molecule has 0 bridgehead atoms. The summed E-state index contributed by atoms with van der Waals surface area (Å²) in [6.45, 7) is 3.35. The molecule has 0 aliphatic rings. The summed E-state index contributed by atoms with van der Waals surface area (Å²) in [5.41, 5.74) is -3.21. The van der Waals surface area contributed by atoms with Gasteiger partial charge in [0.15, 0.2) is 5.82 Å². The highest BCUT2D eigenvalue weighted by Crippen LogP contribution is 2.37. The van der Waals surface area contributed by atoms with Gasteiger partial charge in [0.2, 0.25) is 0 Å². The summed E-state index contributed by atoms with van der Waals surface area (Å²) in [5, 5.41) is 3.70. The molecule has 0 saturated heterocycles. The van der Waals surface area contributed by atoms with Gasteiger partial charge in [-0.3, -0.25) is 0 Å². The van der Waals surface area contributed by atoms with E-state index in [1.54, 1.807) is 0 Å². The summed E-state index contributed by atoms with van der Waals surface area (Å²) >= 11 is 0. The molecule has 9 heteroatoms. The standard InChI is InChI=1S/C12H7F6N3/c1-2-21-6-19-10(20-21)7-3-8(11(13,14)15)5-9(4-7)12(16,17)18/h2-6H,1H2. The number of halogens is 6. The van der Waals surface area contributed by atoms with Gasteiger partial charge in [-0.1, -0.05) is 6.58 Å². The predicted molar refractivity (Wildman–Crippen MR) is 61.8 cm³/mol. The van der Waals surface area contributed by atoms with Crippen molar-refractivity contribution in [2.75, 3.05) is 0 Å². The second-order valence-corrected chi connectivity index (χ2v) is 4.03. The molecule has 0 unspecified atom stereocenters. The lowest BCUT2D eigenvalue weighted by atomic mass is 10.0. The van der Waals surface area contributed by atoms with E-state index in [1.165, 1.54) is 6.20 Å². The lowest BCUT2D eigenvalue weighted by molar-refractivity contribution is -0.143. The Balaban J connectivity index is 2.62. The van der Waals surface area contributed by atoms with Gasteiger partial charge in [-0.15, -0.1) is 5.10 Å². The molecule has 3 nitrogen and oxygen atoms in total. The van der Waals surface area contributed by atoms with Gasteiger partial charge in [0.1, 0.15) is 6.33 Å². The van der Waals surface area contributed by atoms with Gasteiger partial charge in [0.25, 0.3) is 0 Å². The smallest absolute Gasteiger partial charge is 0.228 e. The Morgan fingerprint density at radius 3 is 1.86 bits per heavy atom. The number of rotatable bonds is 2. The van der Waals surface area contributed by atoms with Crippen molar-refractivity contribution in [1.29, 1.82) is 0 Å². The third-order valence-electron chi connectivity index (χ3n) is 2.54. The van der Waals surface area contributed by atoms with E-state index in [1.807, 2.05) is 0 Å². The van der Waals surface area contributed by atoms with Crippen LogP contribution in [0, 0.1) is 0 Å². The van der Waals surface area contributed by atoms with Crippen LogP contribution in [-0.4, -0.2) is 14.8 Å². The maximum Gasteiger partial charge on any atom is 0.416 e. The zero-order valence-corrected chi connectivity index (χ0v) is 10.2. The zero-order chi connectivity index (χ0) is 15.8. The molecule has 0 N–H and O–H groups in total. The van der Waals surface area contributed by atoms with E-state index in [4.69, 9.17) is 0 Å². The maximum atomic E-state index is 12.7. The third kappa shape index (κ3) is 3.23. The minimum Gasteiger partial charge on any atom is -0.228 e. The van der Waals surface area contributed by atoms with Crippen molar-refractivity contribution in [3.05, 3.63) is 42.2 Å². The highest BCUT2D eigenvalue weighted by Gasteiger charge is 2.37. The van der Waals surface area contributed by atoms with Crippen LogP contribution in [-0.2, 0) is 12.4 Å². The molecule has 0 fully saturated rings. The molecule has 1 aromatic heterocycles. The summed E-state index contributed by atoms with van der Waals surface area (Å²) < 4.78 is 77.2. The molecule has 0 radical (unpaired) electrons. The number of alkyl halides is 6. The van der Waals surface area contributed by atoms with Gasteiger partial charge in [-0.2, -0.15) is 26.3 Å². The van der Waals surface area contributed by atoms with Crippen LogP contribution < -0.4 is 0 Å². The summed E-state index contributed by atoms with van der Waals surface area (Å²) in [4.78, 5) is 3.65. The first-order valence-corrected chi connectivity index (χ1v) is 5.45. The minimum absolute atomic E-state index is 0.0496. The molecule has 0 spiro atoms. The minimum atomic E-state index is -4.91. The van der Waals surface area contributed by atoms with Crippen LogP contribution >= 0.6 is 0 Å². The van der Waals surface area contributed by atoms with Crippen molar-refractivity contribution >= 4 is 6.20 Å². The average Bonchev–Trinajstić information content (AvgIpc) is 2.85. The number of nitrogens with zero attached hydrogens (tertiary/aromatic N) is 3. The van der Waals surface area contributed by atoms with E-state index in [0.29, 0.717) is 12.1 Å². The monoisotopic (exact) mass is 307 g/mol. The molecule has 112 valence electrons. The molecular weight excluding hydrogens is 300 g/mol. The van der Waals surface area contributed by atoms with Gasteiger partial charge >= 0.3 is 12.4 Å². The van der Waals surface area contributed by atoms with Crippen LogP contribution in [0.15, 0.2) is 31.1 Å². The van der Waals surface area contributed by atoms with E-state index in [9.17, 15) is 26.3 Å². The molecule has 0 aliphatic carbocycles. The quantitative estimate of drug-likeness (QED) is 0.783. The SMILES string of the molecule is C=Cn1cnc(-c2cc(C(F)(F)F)cc(C(F)(F)F)c2)n1. The fourth-order valence-corrected chi connectivity index (χ4v) is 1.58. The van der Waals surface area contributed by atoms with E-state index < -0.39 is 23.5 Å². The highest BCUT2D eigenvalue weighted by atomic mass is 19.4. The van der Waals surface area contributed by atoms with Gasteiger partial charge in [-0.05, 0) is 18.2 Å². The molecule has 0 saturated carbocycles. The summed E-state index contributed by atoms with van der Waals surface area (Å²) in [7, 11) is 0. The third-order valence-corrected chi connectivity index (χ3v) is 2.54. The fraction of sp³-hybridized carbons (Fsp3) is 0.167. The van der Waals surface area contributed by atoms with Crippen LogP contribution in [0.2, 0.25) is 0 Å². The Kier molecular flexibility index (Phi) is 3.52. The molecular formula is C12H7F6N3.